The zero-order valence-electron chi connectivity index (χ0n) is 18.4. The van der Waals surface area contributed by atoms with Crippen molar-refractivity contribution in [2.45, 2.75) is 17.1 Å². The molecule has 0 saturated carbocycles. The van der Waals surface area contributed by atoms with Crippen molar-refractivity contribution in [1.82, 2.24) is 25.4 Å². The molecule has 35 heavy (non-hydrogen) atoms. The summed E-state index contributed by atoms with van der Waals surface area (Å²) in [6.45, 7) is 0. The van der Waals surface area contributed by atoms with Crippen LogP contribution < -0.4 is 10.1 Å². The van der Waals surface area contributed by atoms with Gasteiger partial charge >= 0.3 is 0 Å². The lowest BCUT2D eigenvalue weighted by Crippen LogP contribution is -2.17. The monoisotopic (exact) mass is 498 g/mol. The number of aromatic amines is 1. The van der Waals surface area contributed by atoms with Gasteiger partial charge in [-0.25, -0.2) is 0 Å². The molecule has 2 aromatic heterocycles. The van der Waals surface area contributed by atoms with E-state index in [0.29, 0.717) is 27.5 Å². The minimum absolute atomic E-state index is 0.418. The first-order valence-electron chi connectivity index (χ1n) is 11.0. The summed E-state index contributed by atoms with van der Waals surface area (Å²) in [7, 11) is 0. The molecule has 0 spiro atoms. The molecule has 6 rings (SSSR count). The number of nitrogens with one attached hydrogen (secondary N) is 2. The Labute approximate surface area is 210 Å². The van der Waals surface area contributed by atoms with E-state index in [1.807, 2.05) is 78.9 Å². The number of hydrogen-bond acceptors (Lipinski definition) is 7. The summed E-state index contributed by atoms with van der Waals surface area (Å²) in [5.74, 6) is 1.11. The third-order valence-corrected chi connectivity index (χ3v) is 6.79. The van der Waals surface area contributed by atoms with E-state index in [0.717, 1.165) is 33.6 Å². The first-order chi connectivity index (χ1) is 17.2. The molecule has 1 aliphatic rings. The van der Waals surface area contributed by atoms with E-state index < -0.39 is 6.23 Å². The Balaban J connectivity index is 1.36. The van der Waals surface area contributed by atoms with Crippen LogP contribution in [-0.2, 0) is 5.75 Å². The second kappa shape index (κ2) is 9.40. The van der Waals surface area contributed by atoms with Crippen molar-refractivity contribution in [1.29, 1.82) is 0 Å². The molecule has 1 aliphatic heterocycles. The van der Waals surface area contributed by atoms with E-state index in [4.69, 9.17) is 21.3 Å². The highest BCUT2D eigenvalue weighted by atomic mass is 35.5. The minimum atomic E-state index is -0.530. The van der Waals surface area contributed by atoms with Gasteiger partial charge in [0.25, 0.3) is 0 Å². The molecule has 1 atom stereocenters. The Morgan fingerprint density at radius 1 is 0.914 bits per heavy atom. The Hall–Kier alpha value is -3.88. The number of fused-ring (bicyclic) bond motifs is 3. The predicted molar refractivity (Wildman–Crippen MR) is 137 cm³/mol. The number of thioether (sulfide) groups is 1. The van der Waals surface area contributed by atoms with Gasteiger partial charge in [-0.1, -0.05) is 84.0 Å². The number of aromatic nitrogens is 5. The fourth-order valence-electron chi connectivity index (χ4n) is 3.91. The second-order valence-corrected chi connectivity index (χ2v) is 9.30. The Morgan fingerprint density at radius 2 is 1.71 bits per heavy atom. The van der Waals surface area contributed by atoms with Crippen molar-refractivity contribution < 1.29 is 4.74 Å². The molecule has 0 aliphatic carbocycles. The molecular weight excluding hydrogens is 480 g/mol. The SMILES string of the molecule is Clc1ccc(CSc2nnc3c(n2)O[C@H](c2cn[nH]c2-c2ccccc2)Nc2ccccc2-3)cc1. The molecule has 0 radical (unpaired) electrons. The summed E-state index contributed by atoms with van der Waals surface area (Å²) >= 11 is 7.49. The molecule has 172 valence electrons. The number of benzene rings is 3. The highest BCUT2D eigenvalue weighted by molar-refractivity contribution is 7.98. The van der Waals surface area contributed by atoms with Crippen LogP contribution in [0, 0.1) is 0 Å². The van der Waals surface area contributed by atoms with Crippen LogP contribution in [-0.4, -0.2) is 25.4 Å². The number of para-hydroxylation sites is 1. The molecule has 0 unspecified atom stereocenters. The average molecular weight is 499 g/mol. The van der Waals surface area contributed by atoms with Crippen LogP contribution in [0.4, 0.5) is 5.69 Å². The van der Waals surface area contributed by atoms with Crippen molar-refractivity contribution in [3.63, 3.8) is 0 Å². The molecule has 0 saturated heterocycles. The molecule has 0 fully saturated rings. The maximum atomic E-state index is 6.44. The van der Waals surface area contributed by atoms with Gasteiger partial charge in [-0.05, 0) is 23.8 Å². The van der Waals surface area contributed by atoms with Gasteiger partial charge in [-0.2, -0.15) is 10.1 Å². The lowest BCUT2D eigenvalue weighted by atomic mass is 10.1. The Bertz CT molecular complexity index is 1480. The second-order valence-electron chi connectivity index (χ2n) is 7.92. The van der Waals surface area contributed by atoms with Crippen molar-refractivity contribution in [2.24, 2.45) is 0 Å². The zero-order valence-corrected chi connectivity index (χ0v) is 19.9. The number of nitrogens with zero attached hydrogens (tertiary/aromatic N) is 4. The van der Waals surface area contributed by atoms with E-state index in [9.17, 15) is 0 Å². The van der Waals surface area contributed by atoms with Gasteiger partial charge in [-0.15, -0.1) is 10.2 Å². The minimum Gasteiger partial charge on any atom is -0.448 e. The van der Waals surface area contributed by atoms with Gasteiger partial charge in [0.1, 0.15) is 0 Å². The van der Waals surface area contributed by atoms with Crippen LogP contribution in [0.1, 0.15) is 17.4 Å². The Morgan fingerprint density at radius 3 is 2.57 bits per heavy atom. The number of rotatable bonds is 5. The van der Waals surface area contributed by atoms with E-state index in [1.54, 1.807) is 6.20 Å². The largest absolute Gasteiger partial charge is 0.448 e. The highest BCUT2D eigenvalue weighted by Crippen LogP contribution is 2.41. The quantitative estimate of drug-likeness (QED) is 0.272. The van der Waals surface area contributed by atoms with E-state index in [-0.39, 0.29) is 0 Å². The number of halogens is 1. The smallest absolute Gasteiger partial charge is 0.247 e. The average Bonchev–Trinajstić information content (AvgIpc) is 3.33. The van der Waals surface area contributed by atoms with E-state index >= 15 is 0 Å². The molecule has 2 N–H and O–H groups in total. The van der Waals surface area contributed by atoms with Gasteiger partial charge in [0.15, 0.2) is 5.69 Å². The van der Waals surface area contributed by atoms with Gasteiger partial charge < -0.3 is 10.1 Å². The maximum absolute atomic E-state index is 6.44. The molecule has 0 bridgehead atoms. The van der Waals surface area contributed by atoms with Crippen molar-refractivity contribution >= 4 is 29.1 Å². The van der Waals surface area contributed by atoms with Crippen LogP contribution in [0.2, 0.25) is 5.02 Å². The molecule has 0 amide bonds. The van der Waals surface area contributed by atoms with Crippen LogP contribution >= 0.6 is 23.4 Å². The first-order valence-corrected chi connectivity index (χ1v) is 12.3. The van der Waals surface area contributed by atoms with E-state index in [1.165, 1.54) is 11.8 Å². The van der Waals surface area contributed by atoms with Crippen LogP contribution in [0.5, 0.6) is 5.88 Å². The lowest BCUT2D eigenvalue weighted by molar-refractivity contribution is 0.226. The molecule has 9 heteroatoms. The highest BCUT2D eigenvalue weighted by Gasteiger charge is 2.28. The summed E-state index contributed by atoms with van der Waals surface area (Å²) in [5, 5.41) is 21.0. The molecule has 3 aromatic carbocycles. The van der Waals surface area contributed by atoms with E-state index in [2.05, 4.69) is 25.7 Å². The third-order valence-electron chi connectivity index (χ3n) is 5.63. The molecular formula is C26H19ClN6OS. The van der Waals surface area contributed by atoms with Gasteiger partial charge in [0, 0.05) is 27.6 Å². The number of hydrogen-bond donors (Lipinski definition) is 2. The van der Waals surface area contributed by atoms with Crippen LogP contribution in [0.25, 0.3) is 22.5 Å². The van der Waals surface area contributed by atoms with Crippen molar-refractivity contribution in [3.8, 4) is 28.4 Å². The first kappa shape index (κ1) is 21.6. The summed E-state index contributed by atoms with van der Waals surface area (Å²) in [6, 6.07) is 25.7. The third kappa shape index (κ3) is 4.45. The number of ether oxygens (including phenoxy) is 1. The molecule has 3 heterocycles. The standard InChI is InChI=1S/C26H19ClN6OS/c27-18-12-10-16(11-13-18)15-35-26-30-25-23(32-33-26)19-8-4-5-9-21(19)29-24(34-25)20-14-28-31-22(20)17-6-2-1-3-7-17/h1-14,24,29H,15H2,(H,28,31)/t24-/m1/s1. The van der Waals surface area contributed by atoms with Gasteiger partial charge in [0.2, 0.25) is 17.3 Å². The number of H-pyrrole nitrogens is 1. The van der Waals surface area contributed by atoms with Gasteiger partial charge in [0.05, 0.1) is 17.5 Å². The number of anilines is 1. The predicted octanol–water partition coefficient (Wildman–Crippen LogP) is 6.38. The van der Waals surface area contributed by atoms with Crippen molar-refractivity contribution in [3.05, 3.63) is 101 Å². The van der Waals surface area contributed by atoms with Crippen LogP contribution in [0.15, 0.2) is 90.2 Å². The van der Waals surface area contributed by atoms with Crippen LogP contribution in [0.3, 0.4) is 0 Å². The lowest BCUT2D eigenvalue weighted by Gasteiger charge is -2.19. The Kier molecular flexibility index (Phi) is 5.81. The van der Waals surface area contributed by atoms with Gasteiger partial charge in [-0.3, -0.25) is 5.10 Å². The fourth-order valence-corrected chi connectivity index (χ4v) is 4.77. The summed E-state index contributed by atoms with van der Waals surface area (Å²) < 4.78 is 6.44. The molecule has 7 nitrogen and oxygen atoms in total. The van der Waals surface area contributed by atoms with Crippen molar-refractivity contribution in [2.75, 3.05) is 5.32 Å². The zero-order chi connectivity index (χ0) is 23.6. The maximum Gasteiger partial charge on any atom is 0.247 e. The summed E-state index contributed by atoms with van der Waals surface area (Å²) in [5.41, 5.74) is 6.24. The fraction of sp³-hybridized carbons (Fsp3) is 0.0769. The molecule has 5 aromatic rings. The summed E-state index contributed by atoms with van der Waals surface area (Å²) in [4.78, 5) is 4.74. The normalized spacial score (nSPS) is 14.3. The topological polar surface area (TPSA) is 88.6 Å². The summed E-state index contributed by atoms with van der Waals surface area (Å²) in [6.07, 6.45) is 1.25.